The molecule has 0 bridgehead atoms. The second-order valence-corrected chi connectivity index (χ2v) is 6.33. The minimum absolute atomic E-state index is 0.0562. The lowest BCUT2D eigenvalue weighted by Crippen LogP contribution is -2.47. The summed E-state index contributed by atoms with van der Waals surface area (Å²) in [6.07, 6.45) is 0.0562. The zero-order valence-electron chi connectivity index (χ0n) is 16.8. The number of esters is 2. The summed E-state index contributed by atoms with van der Waals surface area (Å²) in [5, 5.41) is 5.07. The summed E-state index contributed by atoms with van der Waals surface area (Å²) < 4.78 is 10.2. The van der Waals surface area contributed by atoms with Crippen LogP contribution in [0.2, 0.25) is 0 Å². The number of carbonyl (C=O) groups is 4. The molecule has 0 aromatic heterocycles. The third-order valence-corrected chi connectivity index (χ3v) is 4.00. The van der Waals surface area contributed by atoms with Crippen molar-refractivity contribution in [2.75, 3.05) is 13.2 Å². The van der Waals surface area contributed by atoms with Crippen LogP contribution >= 0.6 is 0 Å². The fraction of sp³-hybridized carbons (Fsp3) is 0.273. The molecule has 2 amide bonds. The van der Waals surface area contributed by atoms with Crippen molar-refractivity contribution in [2.24, 2.45) is 0 Å². The molecule has 0 heterocycles. The minimum Gasteiger partial charge on any atom is -0.464 e. The molecular formula is C22H24N2O6. The lowest BCUT2D eigenvalue weighted by molar-refractivity contribution is -0.147. The molecule has 30 heavy (non-hydrogen) atoms. The maximum Gasteiger partial charge on any atom is 0.328 e. The number of hydrogen-bond donors (Lipinski definition) is 2. The maximum atomic E-state index is 12.3. The molecule has 2 N–H and O–H groups in total. The molecule has 0 saturated carbocycles. The Hall–Kier alpha value is -3.68. The average molecular weight is 412 g/mol. The van der Waals surface area contributed by atoms with Gasteiger partial charge in [-0.1, -0.05) is 36.4 Å². The number of ether oxygens (including phenoxy) is 2. The van der Waals surface area contributed by atoms with E-state index in [1.165, 1.54) is 6.92 Å². The first-order valence-corrected chi connectivity index (χ1v) is 9.46. The Bertz CT molecular complexity index is 898. The van der Waals surface area contributed by atoms with Crippen molar-refractivity contribution in [3.8, 4) is 5.75 Å². The van der Waals surface area contributed by atoms with Gasteiger partial charge in [-0.3, -0.25) is 14.4 Å². The SMILES string of the molecule is CCOC(=O)[C@H](Cc1ccccc1OC(C)=O)NC(=O)CNC(=O)c1ccccc1. The molecule has 0 radical (unpaired) electrons. The topological polar surface area (TPSA) is 111 Å². The maximum absolute atomic E-state index is 12.3. The van der Waals surface area contributed by atoms with Crippen LogP contribution in [-0.4, -0.2) is 42.9 Å². The summed E-state index contributed by atoms with van der Waals surface area (Å²) in [7, 11) is 0. The standard InChI is InChI=1S/C22H24N2O6/c1-3-29-22(28)18(13-17-11-7-8-12-19(17)30-15(2)25)24-20(26)14-23-21(27)16-9-5-4-6-10-16/h4-12,18H,3,13-14H2,1-2H3,(H,23,27)(H,24,26)/t18-/m0/s1. The van der Waals surface area contributed by atoms with Crippen molar-refractivity contribution < 1.29 is 28.7 Å². The molecular weight excluding hydrogens is 388 g/mol. The molecule has 1 atom stereocenters. The first kappa shape index (κ1) is 22.6. The van der Waals surface area contributed by atoms with Crippen LogP contribution in [0.25, 0.3) is 0 Å². The highest BCUT2D eigenvalue weighted by molar-refractivity contribution is 5.96. The van der Waals surface area contributed by atoms with Crippen molar-refractivity contribution in [1.82, 2.24) is 10.6 Å². The average Bonchev–Trinajstić information content (AvgIpc) is 2.73. The number of amides is 2. The predicted octanol–water partition coefficient (Wildman–Crippen LogP) is 1.63. The van der Waals surface area contributed by atoms with Crippen molar-refractivity contribution in [2.45, 2.75) is 26.3 Å². The molecule has 0 fully saturated rings. The first-order valence-electron chi connectivity index (χ1n) is 9.46. The molecule has 2 rings (SSSR count). The van der Waals surface area contributed by atoms with E-state index in [0.29, 0.717) is 16.9 Å². The molecule has 8 heteroatoms. The highest BCUT2D eigenvalue weighted by Crippen LogP contribution is 2.20. The number of hydrogen-bond acceptors (Lipinski definition) is 6. The first-order chi connectivity index (χ1) is 14.4. The molecule has 0 aliphatic heterocycles. The normalized spacial score (nSPS) is 11.1. The second kappa shape index (κ2) is 11.4. The van der Waals surface area contributed by atoms with Crippen LogP contribution in [-0.2, 0) is 25.5 Å². The third kappa shape index (κ3) is 7.05. The minimum atomic E-state index is -1.01. The van der Waals surface area contributed by atoms with Crippen LogP contribution in [0.15, 0.2) is 54.6 Å². The smallest absolute Gasteiger partial charge is 0.328 e. The van der Waals surface area contributed by atoms with Gasteiger partial charge < -0.3 is 20.1 Å². The Morgan fingerprint density at radius 3 is 2.30 bits per heavy atom. The van der Waals surface area contributed by atoms with Gasteiger partial charge in [0, 0.05) is 18.9 Å². The van der Waals surface area contributed by atoms with Crippen molar-refractivity contribution in [1.29, 1.82) is 0 Å². The van der Waals surface area contributed by atoms with Crippen LogP contribution in [0.5, 0.6) is 5.75 Å². The van der Waals surface area contributed by atoms with Gasteiger partial charge >= 0.3 is 11.9 Å². The van der Waals surface area contributed by atoms with E-state index >= 15 is 0 Å². The van der Waals surface area contributed by atoms with E-state index in [-0.39, 0.29) is 19.6 Å². The van der Waals surface area contributed by atoms with Gasteiger partial charge in [0.2, 0.25) is 5.91 Å². The molecule has 0 spiro atoms. The van der Waals surface area contributed by atoms with Crippen LogP contribution in [0.4, 0.5) is 0 Å². The Morgan fingerprint density at radius 2 is 1.63 bits per heavy atom. The van der Waals surface area contributed by atoms with Gasteiger partial charge in [0.1, 0.15) is 11.8 Å². The van der Waals surface area contributed by atoms with Gasteiger partial charge in [0.05, 0.1) is 13.2 Å². The quantitative estimate of drug-likeness (QED) is 0.478. The third-order valence-electron chi connectivity index (χ3n) is 4.00. The fourth-order valence-corrected chi connectivity index (χ4v) is 2.68. The predicted molar refractivity (Wildman–Crippen MR) is 109 cm³/mol. The molecule has 0 saturated heterocycles. The lowest BCUT2D eigenvalue weighted by atomic mass is 10.0. The van der Waals surface area contributed by atoms with E-state index in [2.05, 4.69) is 10.6 Å². The van der Waals surface area contributed by atoms with E-state index in [9.17, 15) is 19.2 Å². The lowest BCUT2D eigenvalue weighted by Gasteiger charge is -2.19. The summed E-state index contributed by atoms with van der Waals surface area (Å²) in [6, 6.07) is 14.2. The van der Waals surface area contributed by atoms with Gasteiger partial charge in [-0.15, -0.1) is 0 Å². The van der Waals surface area contributed by atoms with E-state index in [0.717, 1.165) is 0 Å². The van der Waals surface area contributed by atoms with Crippen LogP contribution in [0.3, 0.4) is 0 Å². The number of carbonyl (C=O) groups excluding carboxylic acids is 4. The molecule has 8 nitrogen and oxygen atoms in total. The number of nitrogens with one attached hydrogen (secondary N) is 2. The fourth-order valence-electron chi connectivity index (χ4n) is 2.68. The Kier molecular flexibility index (Phi) is 8.56. The van der Waals surface area contributed by atoms with Crippen LogP contribution in [0, 0.1) is 0 Å². The van der Waals surface area contributed by atoms with Crippen molar-refractivity contribution in [3.05, 3.63) is 65.7 Å². The summed E-state index contributed by atoms with van der Waals surface area (Å²) in [5.74, 6) is -1.78. The van der Waals surface area contributed by atoms with Crippen molar-refractivity contribution in [3.63, 3.8) is 0 Å². The summed E-state index contributed by atoms with van der Waals surface area (Å²) in [4.78, 5) is 48.1. The van der Waals surface area contributed by atoms with Gasteiger partial charge in [-0.25, -0.2) is 4.79 Å². The number of para-hydroxylation sites is 1. The summed E-state index contributed by atoms with van der Waals surface area (Å²) in [6.45, 7) is 2.76. The van der Waals surface area contributed by atoms with Gasteiger partial charge in [0.25, 0.3) is 5.91 Å². The zero-order valence-corrected chi connectivity index (χ0v) is 16.8. The molecule has 158 valence electrons. The summed E-state index contributed by atoms with van der Waals surface area (Å²) >= 11 is 0. The van der Waals surface area contributed by atoms with Gasteiger partial charge in [-0.05, 0) is 30.7 Å². The summed E-state index contributed by atoms with van der Waals surface area (Å²) in [5.41, 5.74) is 0.974. The number of rotatable bonds is 9. The van der Waals surface area contributed by atoms with Gasteiger partial charge in [0.15, 0.2) is 0 Å². The largest absolute Gasteiger partial charge is 0.464 e. The molecule has 2 aromatic rings. The Morgan fingerprint density at radius 1 is 0.967 bits per heavy atom. The Balaban J connectivity index is 2.05. The monoisotopic (exact) mass is 412 g/mol. The molecule has 0 unspecified atom stereocenters. The van der Waals surface area contributed by atoms with E-state index in [4.69, 9.17) is 9.47 Å². The van der Waals surface area contributed by atoms with E-state index in [1.807, 2.05) is 0 Å². The van der Waals surface area contributed by atoms with Crippen molar-refractivity contribution >= 4 is 23.8 Å². The van der Waals surface area contributed by atoms with E-state index in [1.54, 1.807) is 61.5 Å². The second-order valence-electron chi connectivity index (χ2n) is 6.33. The van der Waals surface area contributed by atoms with Crippen LogP contribution in [0.1, 0.15) is 29.8 Å². The molecule has 0 aliphatic carbocycles. The highest BCUT2D eigenvalue weighted by Gasteiger charge is 2.24. The van der Waals surface area contributed by atoms with Crippen LogP contribution < -0.4 is 15.4 Å². The molecule has 2 aromatic carbocycles. The number of benzene rings is 2. The van der Waals surface area contributed by atoms with E-state index < -0.39 is 29.8 Å². The van der Waals surface area contributed by atoms with Gasteiger partial charge in [-0.2, -0.15) is 0 Å². The highest BCUT2D eigenvalue weighted by atomic mass is 16.5. The molecule has 0 aliphatic rings. The Labute approximate surface area is 174 Å². The zero-order chi connectivity index (χ0) is 21.9.